The van der Waals surface area contributed by atoms with Gasteiger partial charge in [-0.25, -0.2) is 4.98 Å². The number of ether oxygens (including phenoxy) is 1. The molecule has 0 spiro atoms. The Bertz CT molecular complexity index is 1590. The lowest BCUT2D eigenvalue weighted by Gasteiger charge is -2.52. The fourth-order valence-electron chi connectivity index (χ4n) is 8.26. The van der Waals surface area contributed by atoms with Crippen molar-refractivity contribution >= 4 is 41.0 Å². The molecule has 13 heteroatoms. The predicted molar refractivity (Wildman–Crippen MR) is 209 cm³/mol. The van der Waals surface area contributed by atoms with E-state index in [1.54, 1.807) is 24.3 Å². The molecule has 1 aromatic heterocycles. The molecule has 2 aliphatic heterocycles. The summed E-state index contributed by atoms with van der Waals surface area (Å²) in [5.41, 5.74) is 0.496. The van der Waals surface area contributed by atoms with Gasteiger partial charge in [0.2, 0.25) is 11.8 Å². The van der Waals surface area contributed by atoms with Crippen LogP contribution in [-0.2, 0) is 30.3 Å². The number of amides is 3. The van der Waals surface area contributed by atoms with Crippen molar-refractivity contribution in [2.75, 3.05) is 14.1 Å². The fourth-order valence-corrected chi connectivity index (χ4v) is 9.10. The summed E-state index contributed by atoms with van der Waals surface area (Å²) < 4.78 is 5.81. The maximum Gasteiger partial charge on any atom is 0.306 e. The first-order valence-electron chi connectivity index (χ1n) is 19.6. The fraction of sp³-hybridized carbons (Fsp3) is 0.659. The molecule has 0 aliphatic carbocycles. The van der Waals surface area contributed by atoms with Crippen molar-refractivity contribution in [1.29, 1.82) is 0 Å². The lowest BCUT2D eigenvalue weighted by atomic mass is 9.73. The van der Waals surface area contributed by atoms with E-state index in [1.807, 2.05) is 58.0 Å². The molecule has 2 bridgehead atoms. The smallest absolute Gasteiger partial charge is 0.306 e. The van der Waals surface area contributed by atoms with Crippen LogP contribution in [0, 0.1) is 17.8 Å². The average molecular weight is 768 g/mol. The van der Waals surface area contributed by atoms with E-state index in [0.717, 1.165) is 44.1 Å². The van der Waals surface area contributed by atoms with E-state index in [-0.39, 0.29) is 42.2 Å². The molecular weight excluding hydrogens is 707 g/mol. The van der Waals surface area contributed by atoms with Gasteiger partial charge in [0.05, 0.1) is 5.92 Å². The molecule has 0 saturated carbocycles. The Morgan fingerprint density at radius 2 is 1.69 bits per heavy atom. The first-order chi connectivity index (χ1) is 25.6. The first-order valence-corrected chi connectivity index (χ1v) is 20.5. The number of aromatic nitrogens is 1. The molecule has 3 amide bonds. The van der Waals surface area contributed by atoms with Crippen LogP contribution in [0.25, 0.3) is 0 Å². The van der Waals surface area contributed by atoms with Crippen LogP contribution < -0.4 is 10.6 Å². The van der Waals surface area contributed by atoms with Gasteiger partial charge in [0.15, 0.2) is 6.10 Å². The van der Waals surface area contributed by atoms with E-state index in [2.05, 4.69) is 27.6 Å². The largest absolute Gasteiger partial charge is 0.481 e. The number of nitrogens with zero attached hydrogens (tertiary/aromatic N) is 3. The molecule has 0 radical (unpaired) electrons. The number of carbonyl (C=O) groups excluding carboxylic acids is 4. The van der Waals surface area contributed by atoms with Gasteiger partial charge in [-0.2, -0.15) is 0 Å². The number of likely N-dealkylation sites (N-methyl/N-ethyl adjacent to an activating group) is 2. The number of esters is 1. The van der Waals surface area contributed by atoms with Crippen molar-refractivity contribution in [3.8, 4) is 0 Å². The van der Waals surface area contributed by atoms with Crippen LogP contribution in [0.5, 0.6) is 0 Å². The van der Waals surface area contributed by atoms with Crippen molar-refractivity contribution in [3.05, 3.63) is 52.0 Å². The SMILES string of the molecule is CCC(C)[C@H](NC(=O)C12CCCC(CCC1)N2C)C(=O)N(C)[C@H](C[C@@H](OC(C)=O)c1nc(C(=O)N[C@@H](Cc2ccccc2)C[C@H](C)C(=O)O)cs1)C(C)C. The summed E-state index contributed by atoms with van der Waals surface area (Å²) in [6.07, 6.45) is 6.51. The summed E-state index contributed by atoms with van der Waals surface area (Å²) in [6.45, 7) is 10.9. The van der Waals surface area contributed by atoms with Gasteiger partial charge >= 0.3 is 11.9 Å². The van der Waals surface area contributed by atoms with E-state index < -0.39 is 53.5 Å². The maximum absolute atomic E-state index is 14.4. The van der Waals surface area contributed by atoms with Crippen molar-refractivity contribution in [3.63, 3.8) is 0 Å². The third-order valence-electron chi connectivity index (χ3n) is 11.8. The highest BCUT2D eigenvalue weighted by Crippen LogP contribution is 2.41. The molecule has 3 heterocycles. The van der Waals surface area contributed by atoms with Crippen molar-refractivity contribution in [2.45, 2.75) is 142 Å². The molecule has 2 fully saturated rings. The van der Waals surface area contributed by atoms with Crippen molar-refractivity contribution in [2.24, 2.45) is 17.8 Å². The second-order valence-electron chi connectivity index (χ2n) is 15.9. The number of carbonyl (C=O) groups is 5. The molecule has 298 valence electrons. The van der Waals surface area contributed by atoms with Crippen LogP contribution in [0.3, 0.4) is 0 Å². The quantitative estimate of drug-likeness (QED) is 0.155. The van der Waals surface area contributed by atoms with Gasteiger partial charge < -0.3 is 25.4 Å². The van der Waals surface area contributed by atoms with Gasteiger partial charge in [-0.15, -0.1) is 11.3 Å². The normalized spacial score (nSPS) is 21.9. The molecule has 2 aromatic rings. The van der Waals surface area contributed by atoms with E-state index in [0.29, 0.717) is 23.9 Å². The third-order valence-corrected chi connectivity index (χ3v) is 12.7. The predicted octanol–water partition coefficient (Wildman–Crippen LogP) is 6.01. The number of rotatable bonds is 18. The summed E-state index contributed by atoms with van der Waals surface area (Å²) in [5, 5.41) is 17.8. The van der Waals surface area contributed by atoms with E-state index in [9.17, 15) is 29.1 Å². The highest BCUT2D eigenvalue weighted by molar-refractivity contribution is 7.09. The monoisotopic (exact) mass is 767 g/mol. The molecule has 6 atom stereocenters. The Morgan fingerprint density at radius 1 is 1.04 bits per heavy atom. The average Bonchev–Trinajstić information content (AvgIpc) is 3.62. The minimum absolute atomic E-state index is 0.0508. The highest BCUT2D eigenvalue weighted by Gasteiger charge is 2.50. The zero-order valence-corrected chi connectivity index (χ0v) is 34.1. The number of nitrogens with one attached hydrogen (secondary N) is 2. The number of benzene rings is 1. The standard InChI is InChI=1S/C41H61N5O7S/c1-9-26(4)35(44-40(52)41-19-13-17-31(46(41)8)18-14-20-41)38(49)45(7)33(25(2)3)23-34(53-28(6)47)37-43-32(24-54-37)36(48)42-30(21-27(5)39(50)51)22-29-15-11-10-12-16-29/h10-12,15-16,24-27,30-31,33-35H,9,13-14,17-23H2,1-8H3,(H,42,48)(H,44,52)(H,50,51)/t26?,27-,30+,31?,33+,34+,35-,41?/m0/s1. The summed E-state index contributed by atoms with van der Waals surface area (Å²) >= 11 is 1.19. The number of hydrogen-bond acceptors (Lipinski definition) is 9. The zero-order chi connectivity index (χ0) is 39.7. The van der Waals surface area contributed by atoms with E-state index >= 15 is 0 Å². The Balaban J connectivity index is 1.52. The molecule has 1 aromatic carbocycles. The van der Waals surface area contributed by atoms with Crippen molar-refractivity contribution < 1.29 is 33.8 Å². The molecule has 54 heavy (non-hydrogen) atoms. The Labute approximate surface area is 324 Å². The summed E-state index contributed by atoms with van der Waals surface area (Å²) in [6, 6.07) is 8.36. The van der Waals surface area contributed by atoms with Crippen LogP contribution in [0.1, 0.15) is 126 Å². The summed E-state index contributed by atoms with van der Waals surface area (Å²) in [5.74, 6) is -3.02. The molecule has 3 N–H and O–H groups in total. The first kappa shape index (κ1) is 42.9. The van der Waals surface area contributed by atoms with Gasteiger partial charge in [-0.3, -0.25) is 28.9 Å². The number of carboxylic acids is 1. The summed E-state index contributed by atoms with van der Waals surface area (Å²) in [4.78, 5) is 74.7. The summed E-state index contributed by atoms with van der Waals surface area (Å²) in [7, 11) is 3.79. The van der Waals surface area contributed by atoms with Crippen LogP contribution in [0.15, 0.2) is 35.7 Å². The Hall–Kier alpha value is -3.84. The Kier molecular flexibility index (Phi) is 15.2. The molecule has 12 nitrogen and oxygen atoms in total. The van der Waals surface area contributed by atoms with Crippen LogP contribution in [-0.4, -0.2) is 93.4 Å². The second kappa shape index (κ2) is 19.2. The van der Waals surface area contributed by atoms with Crippen LogP contribution >= 0.6 is 11.3 Å². The lowest BCUT2D eigenvalue weighted by Crippen LogP contribution is -2.67. The third kappa shape index (κ3) is 10.5. The van der Waals surface area contributed by atoms with Crippen LogP contribution in [0.4, 0.5) is 0 Å². The van der Waals surface area contributed by atoms with E-state index in [1.165, 1.54) is 18.3 Å². The van der Waals surface area contributed by atoms with Gasteiger partial charge in [0.1, 0.15) is 22.3 Å². The molecule has 2 aliphatic rings. The molecule has 2 saturated heterocycles. The van der Waals surface area contributed by atoms with Crippen molar-refractivity contribution in [1.82, 2.24) is 25.4 Å². The number of piperidine rings is 2. The minimum atomic E-state index is -0.942. The molecule has 1 unspecified atom stereocenters. The number of carboxylic acid groups (broad SMARTS) is 1. The number of hydrogen-bond donors (Lipinski definition) is 3. The zero-order valence-electron chi connectivity index (χ0n) is 33.3. The number of aliphatic carboxylic acids is 1. The molecular formula is C41H61N5O7S. The van der Waals surface area contributed by atoms with Gasteiger partial charge in [0.25, 0.3) is 5.91 Å². The highest BCUT2D eigenvalue weighted by atomic mass is 32.1. The number of fused-ring (bicyclic) bond motifs is 2. The Morgan fingerprint density at radius 3 is 2.26 bits per heavy atom. The molecule has 4 rings (SSSR count). The van der Waals surface area contributed by atoms with Gasteiger partial charge in [-0.1, -0.05) is 71.4 Å². The lowest BCUT2D eigenvalue weighted by molar-refractivity contribution is -0.150. The second-order valence-corrected chi connectivity index (χ2v) is 16.8. The van der Waals surface area contributed by atoms with Gasteiger partial charge in [0, 0.05) is 43.9 Å². The van der Waals surface area contributed by atoms with Crippen LogP contribution in [0.2, 0.25) is 0 Å². The minimum Gasteiger partial charge on any atom is -0.481 e. The maximum atomic E-state index is 14.4. The number of thiazole rings is 1. The topological polar surface area (TPSA) is 158 Å². The van der Waals surface area contributed by atoms with Gasteiger partial charge in [-0.05, 0) is 75.8 Å². The van der Waals surface area contributed by atoms with E-state index in [4.69, 9.17) is 4.74 Å².